The molecule has 19 heavy (non-hydrogen) atoms. The van der Waals surface area contributed by atoms with Crippen LogP contribution in [-0.2, 0) is 0 Å². The van der Waals surface area contributed by atoms with E-state index in [-0.39, 0.29) is 0 Å². The maximum Gasteiger partial charge on any atom is 0.258 e. The van der Waals surface area contributed by atoms with Crippen LogP contribution in [0.3, 0.4) is 0 Å². The van der Waals surface area contributed by atoms with Gasteiger partial charge >= 0.3 is 0 Å². The van der Waals surface area contributed by atoms with Crippen molar-refractivity contribution in [2.24, 2.45) is 0 Å². The van der Waals surface area contributed by atoms with Crippen LogP contribution in [0.1, 0.15) is 0 Å². The summed E-state index contributed by atoms with van der Waals surface area (Å²) in [7, 11) is 0. The second kappa shape index (κ2) is 5.30. The van der Waals surface area contributed by atoms with Crippen LogP contribution in [-0.4, -0.2) is 10.1 Å². The molecule has 0 amide bonds. The summed E-state index contributed by atoms with van der Waals surface area (Å²) in [6.07, 6.45) is 0. The van der Waals surface area contributed by atoms with Gasteiger partial charge in [-0.15, -0.1) is 0 Å². The lowest BCUT2D eigenvalue weighted by Gasteiger charge is -1.94. The van der Waals surface area contributed by atoms with Crippen LogP contribution in [0.5, 0.6) is 0 Å². The van der Waals surface area contributed by atoms with E-state index in [1.807, 2.05) is 36.4 Å². The first-order chi connectivity index (χ1) is 9.22. The van der Waals surface area contributed by atoms with Gasteiger partial charge in [-0.2, -0.15) is 4.98 Å². The largest absolute Gasteiger partial charge is 0.334 e. The Kier molecular flexibility index (Phi) is 3.52. The molecule has 1 aromatic heterocycles. The van der Waals surface area contributed by atoms with E-state index in [2.05, 4.69) is 32.7 Å². The van der Waals surface area contributed by atoms with Crippen molar-refractivity contribution in [2.45, 2.75) is 0 Å². The number of halogens is 2. The van der Waals surface area contributed by atoms with Crippen molar-refractivity contribution >= 4 is 34.2 Å². The van der Waals surface area contributed by atoms with Crippen LogP contribution in [0.2, 0.25) is 5.02 Å². The Balaban J connectivity index is 1.95. The molecule has 0 aliphatic rings. The van der Waals surface area contributed by atoms with Gasteiger partial charge in [0.1, 0.15) is 0 Å². The molecule has 3 nitrogen and oxygen atoms in total. The van der Waals surface area contributed by atoms with Crippen molar-refractivity contribution in [3.8, 4) is 22.8 Å². The van der Waals surface area contributed by atoms with Crippen LogP contribution in [0.25, 0.3) is 22.8 Å². The Bertz CT molecular complexity index is 632. The number of rotatable bonds is 2. The van der Waals surface area contributed by atoms with Gasteiger partial charge in [0.05, 0.1) is 0 Å². The Morgan fingerprint density at radius 2 is 1.53 bits per heavy atom. The summed E-state index contributed by atoms with van der Waals surface area (Å²) in [5.74, 6) is 1.08. The van der Waals surface area contributed by atoms with Crippen molar-refractivity contribution in [1.82, 2.24) is 10.1 Å². The molecule has 0 aliphatic heterocycles. The second-order valence-electron chi connectivity index (χ2n) is 3.94. The molecule has 0 spiro atoms. The Morgan fingerprint density at radius 3 is 2.21 bits per heavy atom. The Labute approximate surface area is 128 Å². The van der Waals surface area contributed by atoms with Crippen molar-refractivity contribution in [1.29, 1.82) is 0 Å². The maximum atomic E-state index is 5.85. The molecule has 1 heterocycles. The van der Waals surface area contributed by atoms with Gasteiger partial charge in [0, 0.05) is 19.7 Å². The van der Waals surface area contributed by atoms with Gasteiger partial charge in [-0.1, -0.05) is 16.8 Å². The fourth-order valence-corrected chi connectivity index (χ4v) is 2.13. The standard InChI is InChI=1S/C14H8ClIN2O/c15-11-5-1-9(2-6-11)13-17-14(19-18-13)10-3-7-12(16)8-4-10/h1-8H. The molecule has 0 aliphatic carbocycles. The topological polar surface area (TPSA) is 38.9 Å². The summed E-state index contributed by atoms with van der Waals surface area (Å²) in [6.45, 7) is 0. The summed E-state index contributed by atoms with van der Waals surface area (Å²) in [5.41, 5.74) is 1.79. The predicted molar refractivity (Wildman–Crippen MR) is 82.9 cm³/mol. The Hall–Kier alpha value is -1.40. The first kappa shape index (κ1) is 12.6. The molecule has 0 unspecified atom stereocenters. The number of hydrogen-bond donors (Lipinski definition) is 0. The van der Waals surface area contributed by atoms with Crippen molar-refractivity contribution in [3.63, 3.8) is 0 Å². The predicted octanol–water partition coefficient (Wildman–Crippen LogP) is 4.66. The zero-order valence-electron chi connectivity index (χ0n) is 9.68. The van der Waals surface area contributed by atoms with Gasteiger partial charge in [0.15, 0.2) is 0 Å². The smallest absolute Gasteiger partial charge is 0.258 e. The lowest BCUT2D eigenvalue weighted by atomic mass is 10.2. The monoisotopic (exact) mass is 382 g/mol. The highest BCUT2D eigenvalue weighted by Gasteiger charge is 2.10. The van der Waals surface area contributed by atoms with Gasteiger partial charge in [0.2, 0.25) is 5.82 Å². The van der Waals surface area contributed by atoms with Crippen LogP contribution < -0.4 is 0 Å². The molecule has 0 atom stereocenters. The fourth-order valence-electron chi connectivity index (χ4n) is 1.65. The van der Waals surface area contributed by atoms with E-state index in [0.29, 0.717) is 16.7 Å². The third kappa shape index (κ3) is 2.79. The molecule has 5 heteroatoms. The minimum absolute atomic E-state index is 0.515. The van der Waals surface area contributed by atoms with Crippen molar-refractivity contribution in [3.05, 3.63) is 57.1 Å². The molecule has 3 aromatic rings. The third-order valence-corrected chi connectivity index (χ3v) is 3.59. The van der Waals surface area contributed by atoms with E-state index < -0.39 is 0 Å². The molecule has 0 fully saturated rings. The van der Waals surface area contributed by atoms with E-state index in [1.54, 1.807) is 12.1 Å². The van der Waals surface area contributed by atoms with Gasteiger partial charge in [-0.05, 0) is 71.1 Å². The van der Waals surface area contributed by atoms with Crippen molar-refractivity contribution < 1.29 is 4.52 Å². The zero-order chi connectivity index (χ0) is 13.2. The molecular formula is C14H8ClIN2O. The Morgan fingerprint density at radius 1 is 0.895 bits per heavy atom. The van der Waals surface area contributed by atoms with E-state index in [9.17, 15) is 0 Å². The highest BCUT2D eigenvalue weighted by Crippen LogP contribution is 2.23. The maximum absolute atomic E-state index is 5.85. The third-order valence-electron chi connectivity index (χ3n) is 2.62. The molecule has 0 radical (unpaired) electrons. The van der Waals surface area contributed by atoms with Gasteiger partial charge in [0.25, 0.3) is 5.89 Å². The average Bonchev–Trinajstić information content (AvgIpc) is 2.90. The number of nitrogens with zero attached hydrogens (tertiary/aromatic N) is 2. The number of aromatic nitrogens is 2. The first-order valence-corrected chi connectivity index (χ1v) is 7.03. The van der Waals surface area contributed by atoms with E-state index in [1.165, 1.54) is 3.57 Å². The summed E-state index contributed by atoms with van der Waals surface area (Å²) < 4.78 is 6.44. The van der Waals surface area contributed by atoms with E-state index in [0.717, 1.165) is 11.1 Å². The van der Waals surface area contributed by atoms with Gasteiger partial charge in [-0.25, -0.2) is 0 Å². The van der Waals surface area contributed by atoms with Crippen LogP contribution in [0.15, 0.2) is 53.1 Å². The molecule has 0 saturated heterocycles. The van der Waals surface area contributed by atoms with Crippen LogP contribution >= 0.6 is 34.2 Å². The number of benzene rings is 2. The SMILES string of the molecule is Clc1ccc(-c2noc(-c3ccc(I)cc3)n2)cc1. The van der Waals surface area contributed by atoms with Crippen LogP contribution in [0, 0.1) is 3.57 Å². The summed E-state index contributed by atoms with van der Waals surface area (Å²) >= 11 is 8.10. The molecular weight excluding hydrogens is 375 g/mol. The molecule has 2 aromatic carbocycles. The second-order valence-corrected chi connectivity index (χ2v) is 5.62. The lowest BCUT2D eigenvalue weighted by molar-refractivity contribution is 0.432. The minimum atomic E-state index is 0.515. The summed E-state index contributed by atoms with van der Waals surface area (Å²) in [5, 5.41) is 4.67. The normalized spacial score (nSPS) is 10.6. The van der Waals surface area contributed by atoms with Gasteiger partial charge in [-0.3, -0.25) is 0 Å². The number of hydrogen-bond acceptors (Lipinski definition) is 3. The summed E-state index contributed by atoms with van der Waals surface area (Å²) in [4.78, 5) is 4.39. The van der Waals surface area contributed by atoms with Crippen molar-refractivity contribution in [2.75, 3.05) is 0 Å². The average molecular weight is 383 g/mol. The first-order valence-electron chi connectivity index (χ1n) is 5.58. The molecule has 0 bridgehead atoms. The molecule has 0 N–H and O–H groups in total. The quantitative estimate of drug-likeness (QED) is 0.605. The van der Waals surface area contributed by atoms with Crippen LogP contribution in [0.4, 0.5) is 0 Å². The van der Waals surface area contributed by atoms with Gasteiger partial charge < -0.3 is 4.52 Å². The summed E-state index contributed by atoms with van der Waals surface area (Å²) in [6, 6.07) is 15.3. The minimum Gasteiger partial charge on any atom is -0.334 e. The molecule has 94 valence electrons. The van der Waals surface area contributed by atoms with E-state index >= 15 is 0 Å². The fraction of sp³-hybridized carbons (Fsp3) is 0. The van der Waals surface area contributed by atoms with E-state index in [4.69, 9.17) is 16.1 Å². The highest BCUT2D eigenvalue weighted by atomic mass is 127. The molecule has 3 rings (SSSR count). The highest BCUT2D eigenvalue weighted by molar-refractivity contribution is 14.1. The lowest BCUT2D eigenvalue weighted by Crippen LogP contribution is -1.81. The zero-order valence-corrected chi connectivity index (χ0v) is 12.6. The molecule has 0 saturated carbocycles.